The van der Waals surface area contributed by atoms with Gasteiger partial charge < -0.3 is 9.29 Å². The largest absolute Gasteiger partial charge is 0.534 e. The van der Waals surface area contributed by atoms with Crippen LogP contribution in [0.4, 0.5) is 13.2 Å². The summed E-state index contributed by atoms with van der Waals surface area (Å²) in [5.74, 6) is -2.09. The number of carboxylic acids is 1. The van der Waals surface area contributed by atoms with Crippen molar-refractivity contribution in [2.24, 2.45) is 0 Å². The number of aromatic carboxylic acids is 1. The summed E-state index contributed by atoms with van der Waals surface area (Å²) in [4.78, 5) is 10.6. The van der Waals surface area contributed by atoms with Gasteiger partial charge in [0.05, 0.1) is 5.56 Å². The molecule has 100 valence electrons. The minimum absolute atomic E-state index is 0.0628. The maximum atomic E-state index is 12.1. The first-order valence-electron chi connectivity index (χ1n) is 4.39. The highest BCUT2D eigenvalue weighted by Crippen LogP contribution is 2.29. The maximum absolute atomic E-state index is 12.1. The molecule has 1 aromatic carbocycles. The van der Waals surface area contributed by atoms with E-state index in [1.54, 1.807) is 0 Å². The molecule has 0 unspecified atom stereocenters. The lowest BCUT2D eigenvalue weighted by Crippen LogP contribution is -2.28. The summed E-state index contributed by atoms with van der Waals surface area (Å²) in [6.45, 7) is 1.28. The zero-order valence-corrected chi connectivity index (χ0v) is 9.67. The molecule has 0 saturated heterocycles. The van der Waals surface area contributed by atoms with Crippen LogP contribution in [0, 0.1) is 6.92 Å². The SMILES string of the molecule is Cc1ccc(C(=O)O)cc1OS(=O)(=O)C(F)(F)F. The number of rotatable bonds is 3. The summed E-state index contributed by atoms with van der Waals surface area (Å²) in [6.07, 6.45) is 0. The molecule has 0 amide bonds. The van der Waals surface area contributed by atoms with E-state index in [1.165, 1.54) is 6.92 Å². The monoisotopic (exact) mass is 284 g/mol. The molecule has 1 rings (SSSR count). The number of aryl methyl sites for hydroxylation is 1. The Labute approximate surface area is 99.9 Å². The zero-order chi connectivity index (χ0) is 14.1. The molecule has 5 nitrogen and oxygen atoms in total. The fraction of sp³-hybridized carbons (Fsp3) is 0.222. The number of carboxylic acid groups (broad SMARTS) is 1. The summed E-state index contributed by atoms with van der Waals surface area (Å²) in [5, 5.41) is 8.63. The first-order valence-corrected chi connectivity index (χ1v) is 5.80. The van der Waals surface area contributed by atoms with E-state index in [-0.39, 0.29) is 11.1 Å². The first kappa shape index (κ1) is 14.3. The predicted molar refractivity (Wildman–Crippen MR) is 53.7 cm³/mol. The van der Waals surface area contributed by atoms with Gasteiger partial charge in [-0.2, -0.15) is 21.6 Å². The summed E-state index contributed by atoms with van der Waals surface area (Å²) >= 11 is 0. The minimum atomic E-state index is -5.81. The summed E-state index contributed by atoms with van der Waals surface area (Å²) in [7, 11) is -5.81. The van der Waals surface area contributed by atoms with Gasteiger partial charge in [-0.1, -0.05) is 6.07 Å². The second kappa shape index (κ2) is 4.48. The van der Waals surface area contributed by atoms with Crippen LogP contribution in [-0.4, -0.2) is 25.0 Å². The summed E-state index contributed by atoms with van der Waals surface area (Å²) in [6, 6.07) is 2.97. The number of halogens is 3. The highest BCUT2D eigenvalue weighted by Gasteiger charge is 2.48. The molecular weight excluding hydrogens is 277 g/mol. The smallest absolute Gasteiger partial charge is 0.478 e. The lowest BCUT2D eigenvalue weighted by molar-refractivity contribution is -0.0500. The van der Waals surface area contributed by atoms with Crippen LogP contribution in [0.5, 0.6) is 5.75 Å². The highest BCUT2D eigenvalue weighted by molar-refractivity contribution is 7.88. The lowest BCUT2D eigenvalue weighted by Gasteiger charge is -2.11. The molecule has 0 aliphatic heterocycles. The van der Waals surface area contributed by atoms with Gasteiger partial charge in [-0.05, 0) is 24.6 Å². The molecule has 0 fully saturated rings. The average molecular weight is 284 g/mol. The van der Waals surface area contributed by atoms with Crippen molar-refractivity contribution in [3.05, 3.63) is 29.3 Å². The Bertz CT molecular complexity index is 576. The number of hydrogen-bond donors (Lipinski definition) is 1. The maximum Gasteiger partial charge on any atom is 0.534 e. The molecule has 0 aliphatic carbocycles. The van der Waals surface area contributed by atoms with Crippen molar-refractivity contribution in [3.8, 4) is 5.75 Å². The first-order chi connectivity index (χ1) is 8.04. The predicted octanol–water partition coefficient (Wildman–Crippen LogP) is 1.92. The van der Waals surface area contributed by atoms with Gasteiger partial charge in [-0.15, -0.1) is 0 Å². The zero-order valence-electron chi connectivity index (χ0n) is 8.85. The van der Waals surface area contributed by atoms with Crippen LogP contribution < -0.4 is 4.18 Å². The van der Waals surface area contributed by atoms with Gasteiger partial charge in [0.25, 0.3) is 0 Å². The van der Waals surface area contributed by atoms with Crippen molar-refractivity contribution in [1.82, 2.24) is 0 Å². The van der Waals surface area contributed by atoms with Crippen LogP contribution in [0.25, 0.3) is 0 Å². The third-order valence-electron chi connectivity index (χ3n) is 1.92. The topological polar surface area (TPSA) is 80.7 Å². The number of alkyl halides is 3. The van der Waals surface area contributed by atoms with E-state index in [0.717, 1.165) is 12.1 Å². The quantitative estimate of drug-likeness (QED) is 0.677. The lowest BCUT2D eigenvalue weighted by atomic mass is 10.1. The van der Waals surface area contributed by atoms with E-state index in [2.05, 4.69) is 4.18 Å². The van der Waals surface area contributed by atoms with E-state index in [1.807, 2.05) is 0 Å². The molecule has 0 atom stereocenters. The Hall–Kier alpha value is -1.77. The van der Waals surface area contributed by atoms with Gasteiger partial charge in [0.15, 0.2) is 0 Å². The van der Waals surface area contributed by atoms with E-state index in [9.17, 15) is 26.4 Å². The molecule has 18 heavy (non-hydrogen) atoms. The van der Waals surface area contributed by atoms with Crippen molar-refractivity contribution in [1.29, 1.82) is 0 Å². The van der Waals surface area contributed by atoms with Crippen molar-refractivity contribution in [3.63, 3.8) is 0 Å². The standard InChI is InChI=1S/C9H7F3O5S/c1-5-2-3-6(8(13)14)4-7(5)17-18(15,16)9(10,11)12/h2-4H,1H3,(H,13,14). The molecule has 0 bridgehead atoms. The van der Waals surface area contributed by atoms with Crippen molar-refractivity contribution < 1.29 is 35.7 Å². The van der Waals surface area contributed by atoms with Gasteiger partial charge in [0.2, 0.25) is 0 Å². The molecule has 0 spiro atoms. The van der Waals surface area contributed by atoms with E-state index in [0.29, 0.717) is 6.07 Å². The Morgan fingerprint density at radius 3 is 2.33 bits per heavy atom. The van der Waals surface area contributed by atoms with Crippen LogP contribution in [0.15, 0.2) is 18.2 Å². The second-order valence-corrected chi connectivity index (χ2v) is 4.81. The van der Waals surface area contributed by atoms with Crippen molar-refractivity contribution >= 4 is 16.1 Å². The molecular formula is C9H7F3O5S. The number of hydrogen-bond acceptors (Lipinski definition) is 4. The van der Waals surface area contributed by atoms with Crippen LogP contribution in [0.3, 0.4) is 0 Å². The van der Waals surface area contributed by atoms with Gasteiger partial charge in [0, 0.05) is 0 Å². The van der Waals surface area contributed by atoms with E-state index >= 15 is 0 Å². The number of carbonyl (C=O) groups is 1. The van der Waals surface area contributed by atoms with Gasteiger partial charge in [0.1, 0.15) is 5.75 Å². The van der Waals surface area contributed by atoms with E-state index in [4.69, 9.17) is 5.11 Å². The van der Waals surface area contributed by atoms with Crippen LogP contribution in [0.2, 0.25) is 0 Å². The highest BCUT2D eigenvalue weighted by atomic mass is 32.2. The van der Waals surface area contributed by atoms with E-state index < -0.39 is 27.3 Å². The Kier molecular flexibility index (Phi) is 3.56. The molecule has 9 heteroatoms. The molecule has 1 aromatic rings. The van der Waals surface area contributed by atoms with Gasteiger partial charge in [-0.3, -0.25) is 0 Å². The fourth-order valence-electron chi connectivity index (χ4n) is 0.988. The average Bonchev–Trinajstić information content (AvgIpc) is 2.18. The second-order valence-electron chi connectivity index (χ2n) is 3.27. The van der Waals surface area contributed by atoms with Crippen LogP contribution in [-0.2, 0) is 10.1 Å². The van der Waals surface area contributed by atoms with Crippen LogP contribution in [0.1, 0.15) is 15.9 Å². The van der Waals surface area contributed by atoms with Gasteiger partial charge >= 0.3 is 21.6 Å². The molecule has 0 aromatic heterocycles. The molecule has 0 saturated carbocycles. The number of benzene rings is 1. The molecule has 0 aliphatic rings. The summed E-state index contributed by atoms with van der Waals surface area (Å²) in [5.41, 5.74) is -5.89. The van der Waals surface area contributed by atoms with Crippen molar-refractivity contribution in [2.45, 2.75) is 12.4 Å². The Morgan fingerprint density at radius 1 is 1.33 bits per heavy atom. The molecule has 1 N–H and O–H groups in total. The Balaban J connectivity index is 3.20. The third-order valence-corrected chi connectivity index (χ3v) is 2.88. The van der Waals surface area contributed by atoms with Crippen molar-refractivity contribution in [2.75, 3.05) is 0 Å². The van der Waals surface area contributed by atoms with Crippen LogP contribution >= 0.6 is 0 Å². The van der Waals surface area contributed by atoms with Gasteiger partial charge in [-0.25, -0.2) is 4.79 Å². The normalized spacial score (nSPS) is 12.2. The minimum Gasteiger partial charge on any atom is -0.478 e. The Morgan fingerprint density at radius 2 is 1.89 bits per heavy atom. The molecule has 0 radical (unpaired) electrons. The summed E-state index contributed by atoms with van der Waals surface area (Å²) < 4.78 is 61.6. The molecule has 0 heterocycles. The third kappa shape index (κ3) is 2.92. The fourth-order valence-corrected chi connectivity index (χ4v) is 1.50.